The van der Waals surface area contributed by atoms with Crippen molar-refractivity contribution in [2.75, 3.05) is 0 Å². The number of rotatable bonds is 4. The standard InChI is InChI=1S/C16H15N3O2/c20-16(18-11-12-5-4-8-17-10-12)14-9-15(21-19-14)13-6-2-1-3-7-13/h1-8,10,15H,9,11H2,(H,18,20). The van der Waals surface area contributed by atoms with Crippen molar-refractivity contribution < 1.29 is 9.63 Å². The fraction of sp³-hybridized carbons (Fsp3) is 0.188. The lowest BCUT2D eigenvalue weighted by molar-refractivity contribution is -0.115. The molecule has 1 atom stereocenters. The Morgan fingerprint density at radius 3 is 2.86 bits per heavy atom. The highest BCUT2D eigenvalue weighted by Gasteiger charge is 2.26. The molecule has 0 aliphatic carbocycles. The lowest BCUT2D eigenvalue weighted by Crippen LogP contribution is -2.29. The van der Waals surface area contributed by atoms with Crippen molar-refractivity contribution in [1.82, 2.24) is 10.3 Å². The van der Waals surface area contributed by atoms with E-state index < -0.39 is 0 Å². The van der Waals surface area contributed by atoms with Crippen LogP contribution in [0.4, 0.5) is 0 Å². The van der Waals surface area contributed by atoms with E-state index in [1.165, 1.54) is 0 Å². The third-order valence-electron chi connectivity index (χ3n) is 3.28. The van der Waals surface area contributed by atoms with Gasteiger partial charge in [-0.1, -0.05) is 41.6 Å². The van der Waals surface area contributed by atoms with Crippen LogP contribution in [-0.4, -0.2) is 16.6 Å². The first kappa shape index (κ1) is 13.3. The van der Waals surface area contributed by atoms with Crippen molar-refractivity contribution in [3.63, 3.8) is 0 Å². The minimum atomic E-state index is -0.197. The van der Waals surface area contributed by atoms with Crippen LogP contribution in [-0.2, 0) is 16.2 Å². The van der Waals surface area contributed by atoms with Gasteiger partial charge in [-0.3, -0.25) is 9.78 Å². The summed E-state index contributed by atoms with van der Waals surface area (Å²) in [6.45, 7) is 0.432. The zero-order valence-electron chi connectivity index (χ0n) is 11.4. The first-order valence-corrected chi connectivity index (χ1v) is 6.77. The number of carbonyl (C=O) groups is 1. The van der Waals surface area contributed by atoms with Crippen LogP contribution in [0.15, 0.2) is 60.0 Å². The molecule has 0 saturated carbocycles. The molecule has 5 heteroatoms. The molecule has 5 nitrogen and oxygen atoms in total. The number of carbonyl (C=O) groups excluding carboxylic acids is 1. The first-order valence-electron chi connectivity index (χ1n) is 6.77. The number of nitrogens with zero attached hydrogens (tertiary/aromatic N) is 2. The quantitative estimate of drug-likeness (QED) is 0.934. The van der Waals surface area contributed by atoms with Crippen molar-refractivity contribution in [2.24, 2.45) is 5.16 Å². The third-order valence-corrected chi connectivity index (χ3v) is 3.28. The molecule has 0 saturated heterocycles. The minimum Gasteiger partial charge on any atom is -0.387 e. The number of benzene rings is 1. The largest absolute Gasteiger partial charge is 0.387 e. The highest BCUT2D eigenvalue weighted by Crippen LogP contribution is 2.26. The van der Waals surface area contributed by atoms with Gasteiger partial charge in [0.25, 0.3) is 5.91 Å². The van der Waals surface area contributed by atoms with E-state index in [-0.39, 0.29) is 12.0 Å². The third kappa shape index (κ3) is 3.25. The van der Waals surface area contributed by atoms with E-state index in [1.54, 1.807) is 12.4 Å². The molecule has 0 bridgehead atoms. The fourth-order valence-electron chi connectivity index (χ4n) is 2.14. The molecule has 21 heavy (non-hydrogen) atoms. The van der Waals surface area contributed by atoms with E-state index >= 15 is 0 Å². The van der Waals surface area contributed by atoms with Crippen LogP contribution in [0.5, 0.6) is 0 Å². The molecule has 1 amide bonds. The van der Waals surface area contributed by atoms with Crippen molar-refractivity contribution in [2.45, 2.75) is 19.1 Å². The molecule has 1 aromatic carbocycles. The summed E-state index contributed by atoms with van der Waals surface area (Å²) in [7, 11) is 0. The predicted octanol–water partition coefficient (Wildman–Crippen LogP) is 2.22. The highest BCUT2D eigenvalue weighted by atomic mass is 16.6. The van der Waals surface area contributed by atoms with Crippen LogP contribution in [0.25, 0.3) is 0 Å². The Bertz CT molecular complexity index is 641. The predicted molar refractivity (Wildman–Crippen MR) is 78.4 cm³/mol. The molecule has 0 fully saturated rings. The van der Waals surface area contributed by atoms with Gasteiger partial charge in [0.2, 0.25) is 0 Å². The van der Waals surface area contributed by atoms with Crippen LogP contribution >= 0.6 is 0 Å². The average molecular weight is 281 g/mol. The number of amides is 1. The zero-order chi connectivity index (χ0) is 14.5. The Hall–Kier alpha value is -2.69. The SMILES string of the molecule is O=C(NCc1cccnc1)C1=NOC(c2ccccc2)C1. The molecule has 1 N–H and O–H groups in total. The van der Waals surface area contributed by atoms with Gasteiger partial charge < -0.3 is 10.2 Å². The van der Waals surface area contributed by atoms with Crippen LogP contribution in [0.2, 0.25) is 0 Å². The van der Waals surface area contributed by atoms with Crippen molar-refractivity contribution in [3.8, 4) is 0 Å². The molecule has 1 aliphatic rings. The monoisotopic (exact) mass is 281 g/mol. The maximum atomic E-state index is 12.1. The zero-order valence-corrected chi connectivity index (χ0v) is 11.4. The van der Waals surface area contributed by atoms with Gasteiger partial charge in [-0.15, -0.1) is 0 Å². The molecule has 0 spiro atoms. The number of oxime groups is 1. The van der Waals surface area contributed by atoms with Crippen LogP contribution in [0, 0.1) is 0 Å². The molecular weight excluding hydrogens is 266 g/mol. The topological polar surface area (TPSA) is 63.6 Å². The number of hydrogen-bond acceptors (Lipinski definition) is 4. The van der Waals surface area contributed by atoms with E-state index in [4.69, 9.17) is 4.84 Å². The van der Waals surface area contributed by atoms with E-state index in [0.29, 0.717) is 18.7 Å². The minimum absolute atomic E-state index is 0.176. The first-order chi connectivity index (χ1) is 10.3. The van der Waals surface area contributed by atoms with Gasteiger partial charge in [0.15, 0.2) is 6.10 Å². The number of aromatic nitrogens is 1. The molecular formula is C16H15N3O2. The lowest BCUT2D eigenvalue weighted by Gasteiger charge is -2.07. The maximum absolute atomic E-state index is 12.1. The van der Waals surface area contributed by atoms with Gasteiger partial charge >= 0.3 is 0 Å². The Morgan fingerprint density at radius 1 is 1.24 bits per heavy atom. The molecule has 2 aromatic rings. The molecule has 3 rings (SSSR count). The Balaban J connectivity index is 1.55. The summed E-state index contributed by atoms with van der Waals surface area (Å²) < 4.78 is 0. The Morgan fingerprint density at radius 2 is 2.10 bits per heavy atom. The van der Waals surface area contributed by atoms with Crippen molar-refractivity contribution in [3.05, 3.63) is 66.0 Å². The molecule has 2 heterocycles. The highest BCUT2D eigenvalue weighted by molar-refractivity contribution is 6.39. The van der Waals surface area contributed by atoms with Crippen LogP contribution in [0.3, 0.4) is 0 Å². The second-order valence-corrected chi connectivity index (χ2v) is 4.79. The summed E-state index contributed by atoms with van der Waals surface area (Å²) >= 11 is 0. The van der Waals surface area contributed by atoms with Gasteiger partial charge in [-0.2, -0.15) is 0 Å². The van der Waals surface area contributed by atoms with E-state index in [2.05, 4.69) is 15.5 Å². The number of pyridine rings is 1. The molecule has 1 unspecified atom stereocenters. The van der Waals surface area contributed by atoms with Crippen molar-refractivity contribution >= 4 is 11.6 Å². The second kappa shape index (κ2) is 6.17. The summed E-state index contributed by atoms with van der Waals surface area (Å²) in [5.41, 5.74) is 2.40. The maximum Gasteiger partial charge on any atom is 0.269 e. The summed E-state index contributed by atoms with van der Waals surface area (Å²) in [4.78, 5) is 21.4. The van der Waals surface area contributed by atoms with Gasteiger partial charge in [0.05, 0.1) is 0 Å². The normalized spacial score (nSPS) is 17.0. The summed E-state index contributed by atoms with van der Waals surface area (Å²) in [6.07, 6.45) is 3.73. The molecule has 106 valence electrons. The summed E-state index contributed by atoms with van der Waals surface area (Å²) in [5, 5.41) is 6.72. The van der Waals surface area contributed by atoms with Gasteiger partial charge in [-0.05, 0) is 17.2 Å². The van der Waals surface area contributed by atoms with Gasteiger partial charge in [0.1, 0.15) is 5.71 Å². The van der Waals surface area contributed by atoms with E-state index in [1.807, 2.05) is 42.5 Å². The van der Waals surface area contributed by atoms with Crippen LogP contribution in [0.1, 0.15) is 23.7 Å². The second-order valence-electron chi connectivity index (χ2n) is 4.79. The number of nitrogens with one attached hydrogen (secondary N) is 1. The molecule has 1 aromatic heterocycles. The smallest absolute Gasteiger partial charge is 0.269 e. The van der Waals surface area contributed by atoms with Crippen LogP contribution < -0.4 is 5.32 Å². The fourth-order valence-corrected chi connectivity index (χ4v) is 2.14. The van der Waals surface area contributed by atoms with E-state index in [0.717, 1.165) is 11.1 Å². The number of hydrogen-bond donors (Lipinski definition) is 1. The average Bonchev–Trinajstić information content (AvgIpc) is 3.04. The Labute approximate surface area is 122 Å². The summed E-state index contributed by atoms with van der Waals surface area (Å²) in [5.74, 6) is -0.197. The summed E-state index contributed by atoms with van der Waals surface area (Å²) in [6, 6.07) is 13.5. The van der Waals surface area contributed by atoms with Crippen molar-refractivity contribution in [1.29, 1.82) is 0 Å². The van der Waals surface area contributed by atoms with Gasteiger partial charge in [-0.25, -0.2) is 0 Å². The lowest BCUT2D eigenvalue weighted by atomic mass is 10.0. The van der Waals surface area contributed by atoms with E-state index in [9.17, 15) is 4.79 Å². The van der Waals surface area contributed by atoms with Gasteiger partial charge in [0, 0.05) is 25.4 Å². The Kier molecular flexibility index (Phi) is 3.91. The molecule has 0 radical (unpaired) electrons. The molecule has 1 aliphatic heterocycles.